The Morgan fingerprint density at radius 1 is 1.32 bits per heavy atom. The molecule has 0 aromatic heterocycles. The third-order valence-electron chi connectivity index (χ3n) is 4.72. The number of hydrogen-bond donors (Lipinski definition) is 1. The lowest BCUT2D eigenvalue weighted by molar-refractivity contribution is -0.00868. The summed E-state index contributed by atoms with van der Waals surface area (Å²) in [6, 6.07) is 6.07. The van der Waals surface area contributed by atoms with E-state index < -0.39 is 0 Å². The summed E-state index contributed by atoms with van der Waals surface area (Å²) in [5.41, 5.74) is 7.44. The van der Waals surface area contributed by atoms with Gasteiger partial charge in [-0.05, 0) is 37.7 Å². The number of nitrogens with two attached hydrogens (primary N) is 1. The molecular formula is C16H23NO2. The summed E-state index contributed by atoms with van der Waals surface area (Å²) in [5.74, 6) is 2.58. The van der Waals surface area contributed by atoms with Gasteiger partial charge in [0.1, 0.15) is 17.1 Å². The summed E-state index contributed by atoms with van der Waals surface area (Å²) in [6.45, 7) is 2.33. The van der Waals surface area contributed by atoms with E-state index in [1.807, 2.05) is 18.2 Å². The first-order valence-electron chi connectivity index (χ1n) is 7.24. The zero-order valence-electron chi connectivity index (χ0n) is 11.8. The van der Waals surface area contributed by atoms with E-state index in [1.165, 1.54) is 12.8 Å². The first-order chi connectivity index (χ1) is 9.12. The Bertz CT molecular complexity index is 464. The Morgan fingerprint density at radius 2 is 2.05 bits per heavy atom. The number of hydrogen-bond acceptors (Lipinski definition) is 3. The van der Waals surface area contributed by atoms with Gasteiger partial charge in [-0.25, -0.2) is 0 Å². The molecule has 1 fully saturated rings. The van der Waals surface area contributed by atoms with Crippen molar-refractivity contribution in [1.82, 2.24) is 0 Å². The van der Waals surface area contributed by atoms with Crippen molar-refractivity contribution in [2.75, 3.05) is 7.11 Å². The Kier molecular flexibility index (Phi) is 3.17. The van der Waals surface area contributed by atoms with Gasteiger partial charge in [0, 0.05) is 24.1 Å². The van der Waals surface area contributed by atoms with Crippen LogP contribution in [0.4, 0.5) is 0 Å². The van der Waals surface area contributed by atoms with Crippen LogP contribution in [0.15, 0.2) is 18.2 Å². The predicted octanol–water partition coefficient (Wildman–Crippen LogP) is 3.43. The van der Waals surface area contributed by atoms with E-state index in [0.29, 0.717) is 0 Å². The standard InChI is InChI=1S/C16H23NO2/c1-11-5-7-16(8-6-11)10-14(17)13-4-3-12(18-2)9-15(13)19-16/h3-4,9,11,14H,5-8,10,17H2,1-2H3/t11?,14-,16?/m0/s1. The van der Waals surface area contributed by atoms with Crippen molar-refractivity contribution >= 4 is 0 Å². The molecule has 1 aromatic carbocycles. The topological polar surface area (TPSA) is 44.5 Å². The molecule has 0 unspecified atom stereocenters. The van der Waals surface area contributed by atoms with Gasteiger partial charge in [-0.3, -0.25) is 0 Å². The van der Waals surface area contributed by atoms with Crippen molar-refractivity contribution in [3.05, 3.63) is 23.8 Å². The smallest absolute Gasteiger partial charge is 0.128 e. The fourth-order valence-corrected chi connectivity index (χ4v) is 3.42. The molecule has 0 bridgehead atoms. The SMILES string of the molecule is COc1ccc2c(c1)OC1(CCC(C)CC1)C[C@@H]2N. The van der Waals surface area contributed by atoms with Gasteiger partial charge < -0.3 is 15.2 Å². The van der Waals surface area contributed by atoms with E-state index in [9.17, 15) is 0 Å². The zero-order valence-corrected chi connectivity index (χ0v) is 11.8. The van der Waals surface area contributed by atoms with Gasteiger partial charge in [0.15, 0.2) is 0 Å². The summed E-state index contributed by atoms with van der Waals surface area (Å²) < 4.78 is 11.6. The maximum absolute atomic E-state index is 6.36. The summed E-state index contributed by atoms with van der Waals surface area (Å²) in [7, 11) is 1.68. The van der Waals surface area contributed by atoms with Crippen LogP contribution in [0, 0.1) is 5.92 Å². The maximum Gasteiger partial charge on any atom is 0.128 e. The molecule has 2 aliphatic rings. The number of rotatable bonds is 1. The van der Waals surface area contributed by atoms with E-state index in [1.54, 1.807) is 7.11 Å². The first-order valence-corrected chi connectivity index (χ1v) is 7.24. The second kappa shape index (κ2) is 4.71. The summed E-state index contributed by atoms with van der Waals surface area (Å²) in [6.07, 6.45) is 5.67. The molecule has 0 saturated heterocycles. The summed E-state index contributed by atoms with van der Waals surface area (Å²) in [4.78, 5) is 0. The van der Waals surface area contributed by atoms with Crippen molar-refractivity contribution in [3.8, 4) is 11.5 Å². The predicted molar refractivity (Wildman–Crippen MR) is 75.5 cm³/mol. The van der Waals surface area contributed by atoms with E-state index in [2.05, 4.69) is 6.92 Å². The molecule has 1 spiro atoms. The molecule has 19 heavy (non-hydrogen) atoms. The van der Waals surface area contributed by atoms with E-state index in [0.717, 1.165) is 42.2 Å². The summed E-state index contributed by atoms with van der Waals surface area (Å²) in [5, 5.41) is 0. The van der Waals surface area contributed by atoms with Crippen molar-refractivity contribution in [2.24, 2.45) is 11.7 Å². The van der Waals surface area contributed by atoms with Gasteiger partial charge in [0.05, 0.1) is 7.11 Å². The monoisotopic (exact) mass is 261 g/mol. The van der Waals surface area contributed by atoms with E-state index in [-0.39, 0.29) is 11.6 Å². The molecule has 3 heteroatoms. The molecule has 3 nitrogen and oxygen atoms in total. The fourth-order valence-electron chi connectivity index (χ4n) is 3.42. The molecule has 3 rings (SSSR count). The minimum atomic E-state index is -0.0364. The van der Waals surface area contributed by atoms with E-state index >= 15 is 0 Å². The molecular weight excluding hydrogens is 238 g/mol. The van der Waals surface area contributed by atoms with Crippen LogP contribution in [0.2, 0.25) is 0 Å². The van der Waals surface area contributed by atoms with Crippen LogP contribution >= 0.6 is 0 Å². The minimum Gasteiger partial charge on any atom is -0.497 e. The van der Waals surface area contributed by atoms with Gasteiger partial charge in [0.2, 0.25) is 0 Å². The lowest BCUT2D eigenvalue weighted by Gasteiger charge is -2.45. The Hall–Kier alpha value is -1.22. The minimum absolute atomic E-state index is 0.0364. The quantitative estimate of drug-likeness (QED) is 0.842. The van der Waals surface area contributed by atoms with Crippen molar-refractivity contribution < 1.29 is 9.47 Å². The van der Waals surface area contributed by atoms with Crippen molar-refractivity contribution in [1.29, 1.82) is 0 Å². The van der Waals surface area contributed by atoms with Gasteiger partial charge in [-0.15, -0.1) is 0 Å². The van der Waals surface area contributed by atoms with Crippen LogP contribution in [0.25, 0.3) is 0 Å². The number of ether oxygens (including phenoxy) is 2. The Morgan fingerprint density at radius 3 is 2.74 bits per heavy atom. The van der Waals surface area contributed by atoms with Crippen molar-refractivity contribution in [2.45, 2.75) is 50.7 Å². The third-order valence-corrected chi connectivity index (χ3v) is 4.72. The average Bonchev–Trinajstić information content (AvgIpc) is 2.42. The second-order valence-corrected chi connectivity index (χ2v) is 6.18. The molecule has 1 aliphatic carbocycles. The first kappa shape index (κ1) is 12.8. The molecule has 2 N–H and O–H groups in total. The highest BCUT2D eigenvalue weighted by Crippen LogP contribution is 2.47. The Labute approximate surface area is 115 Å². The Balaban J connectivity index is 1.89. The highest BCUT2D eigenvalue weighted by atomic mass is 16.5. The highest BCUT2D eigenvalue weighted by Gasteiger charge is 2.42. The zero-order chi connectivity index (χ0) is 13.5. The molecule has 1 heterocycles. The third kappa shape index (κ3) is 2.32. The normalized spacial score (nSPS) is 33.6. The van der Waals surface area contributed by atoms with Gasteiger partial charge >= 0.3 is 0 Å². The number of fused-ring (bicyclic) bond motifs is 1. The molecule has 1 aromatic rings. The molecule has 1 saturated carbocycles. The molecule has 1 atom stereocenters. The van der Waals surface area contributed by atoms with Gasteiger partial charge in [-0.1, -0.05) is 13.0 Å². The van der Waals surface area contributed by atoms with Crippen molar-refractivity contribution in [3.63, 3.8) is 0 Å². The van der Waals surface area contributed by atoms with Crippen LogP contribution in [-0.4, -0.2) is 12.7 Å². The van der Waals surface area contributed by atoms with Crippen LogP contribution in [-0.2, 0) is 0 Å². The van der Waals surface area contributed by atoms with Gasteiger partial charge in [0.25, 0.3) is 0 Å². The van der Waals surface area contributed by atoms with Crippen LogP contribution in [0.1, 0.15) is 50.6 Å². The summed E-state index contributed by atoms with van der Waals surface area (Å²) >= 11 is 0. The highest BCUT2D eigenvalue weighted by molar-refractivity contribution is 5.44. The molecule has 0 radical (unpaired) electrons. The number of benzene rings is 1. The lowest BCUT2D eigenvalue weighted by Crippen LogP contribution is -2.45. The van der Waals surface area contributed by atoms with E-state index in [4.69, 9.17) is 15.2 Å². The fraction of sp³-hybridized carbons (Fsp3) is 0.625. The second-order valence-electron chi connectivity index (χ2n) is 6.18. The average molecular weight is 261 g/mol. The molecule has 0 amide bonds. The van der Waals surface area contributed by atoms with Crippen LogP contribution in [0.5, 0.6) is 11.5 Å². The number of methoxy groups -OCH3 is 1. The maximum atomic E-state index is 6.36. The lowest BCUT2D eigenvalue weighted by atomic mass is 9.74. The molecule has 1 aliphatic heterocycles. The van der Waals surface area contributed by atoms with Crippen LogP contribution in [0.3, 0.4) is 0 Å². The van der Waals surface area contributed by atoms with Crippen LogP contribution < -0.4 is 15.2 Å². The molecule has 104 valence electrons. The van der Waals surface area contributed by atoms with Gasteiger partial charge in [-0.2, -0.15) is 0 Å². The largest absolute Gasteiger partial charge is 0.497 e.